The fourth-order valence-corrected chi connectivity index (χ4v) is 7.78. The summed E-state index contributed by atoms with van der Waals surface area (Å²) in [5.41, 5.74) is 14.8. The Hall–Kier alpha value is -5.16. The zero-order valence-corrected chi connectivity index (χ0v) is 25.2. The molecule has 0 aliphatic carbocycles. The van der Waals surface area contributed by atoms with Gasteiger partial charge in [-0.3, -0.25) is 0 Å². The van der Waals surface area contributed by atoms with Gasteiger partial charge in [-0.1, -0.05) is 115 Å². The maximum absolute atomic E-state index is 3.40. The number of para-hydroxylation sites is 1. The molecule has 0 saturated heterocycles. The Morgan fingerprint density at radius 1 is 0.636 bits per heavy atom. The molecule has 0 fully saturated rings. The van der Waals surface area contributed by atoms with E-state index in [0.29, 0.717) is 0 Å². The Kier molecular flexibility index (Phi) is 6.71. The molecule has 3 nitrogen and oxygen atoms in total. The van der Waals surface area contributed by atoms with E-state index in [9.17, 15) is 0 Å². The summed E-state index contributed by atoms with van der Waals surface area (Å²) < 4.78 is 5.11. The van der Waals surface area contributed by atoms with Gasteiger partial charge in [-0.15, -0.1) is 11.3 Å². The molecule has 8 rings (SSSR count). The maximum Gasteiger partial charge on any atom is 0.0555 e. The Morgan fingerprint density at radius 3 is 2.09 bits per heavy atom. The molecule has 212 valence electrons. The van der Waals surface area contributed by atoms with Crippen molar-refractivity contribution in [3.63, 3.8) is 0 Å². The van der Waals surface area contributed by atoms with E-state index in [1.807, 2.05) is 18.4 Å². The molecule has 1 unspecified atom stereocenters. The van der Waals surface area contributed by atoms with Gasteiger partial charge in [0.1, 0.15) is 0 Å². The summed E-state index contributed by atoms with van der Waals surface area (Å²) in [7, 11) is 1.91. The average Bonchev–Trinajstić information content (AvgIpc) is 3.63. The molecule has 0 aliphatic heterocycles. The van der Waals surface area contributed by atoms with E-state index in [1.165, 1.54) is 58.8 Å². The van der Waals surface area contributed by atoms with Crippen LogP contribution in [0.2, 0.25) is 0 Å². The average molecular weight is 586 g/mol. The summed E-state index contributed by atoms with van der Waals surface area (Å²) in [5.74, 6) is 0.0308. The molecule has 2 N–H and O–H groups in total. The molecule has 6 aromatic carbocycles. The van der Waals surface area contributed by atoms with Crippen molar-refractivity contribution in [3.05, 3.63) is 168 Å². The molecular weight excluding hydrogens is 555 g/mol. The molecule has 0 amide bonds. The lowest BCUT2D eigenvalue weighted by atomic mass is 9.89. The summed E-state index contributed by atoms with van der Waals surface area (Å²) in [6.45, 7) is 0. The fraction of sp³-hybridized carbons (Fsp3) is 0.0500. The number of hydrogen-bond acceptors (Lipinski definition) is 3. The van der Waals surface area contributed by atoms with E-state index in [4.69, 9.17) is 0 Å². The normalized spacial score (nSPS) is 12.8. The Bertz CT molecular complexity index is 2280. The third-order valence-electron chi connectivity index (χ3n) is 8.51. The van der Waals surface area contributed by atoms with Crippen LogP contribution in [0.15, 0.2) is 152 Å². The van der Waals surface area contributed by atoms with Crippen molar-refractivity contribution in [2.75, 3.05) is 7.05 Å². The zero-order chi connectivity index (χ0) is 29.5. The lowest BCUT2D eigenvalue weighted by Crippen LogP contribution is -2.26. The third kappa shape index (κ3) is 4.47. The van der Waals surface area contributed by atoms with Crippen LogP contribution in [-0.4, -0.2) is 11.6 Å². The van der Waals surface area contributed by atoms with Gasteiger partial charge in [0.05, 0.1) is 16.7 Å². The monoisotopic (exact) mass is 585 g/mol. The van der Waals surface area contributed by atoms with Gasteiger partial charge in [0.2, 0.25) is 0 Å². The molecule has 4 heteroatoms. The quantitative estimate of drug-likeness (QED) is 0.182. The van der Waals surface area contributed by atoms with Gasteiger partial charge in [-0.2, -0.15) is 0 Å². The highest BCUT2D eigenvalue weighted by Gasteiger charge is 2.20. The fourth-order valence-electron chi connectivity index (χ4n) is 6.52. The van der Waals surface area contributed by atoms with Crippen molar-refractivity contribution in [2.45, 2.75) is 5.92 Å². The van der Waals surface area contributed by atoms with E-state index in [2.05, 4.69) is 167 Å². The summed E-state index contributed by atoms with van der Waals surface area (Å²) in [4.78, 5) is 0. The number of thiophene rings is 1. The molecule has 2 heterocycles. The zero-order valence-electron chi connectivity index (χ0n) is 24.4. The number of benzene rings is 6. The minimum atomic E-state index is 0.0308. The van der Waals surface area contributed by atoms with Crippen LogP contribution in [0.3, 0.4) is 0 Å². The standard InChI is InChI=1S/C40H31N3S/c1-41-42-35(28-15-7-3-8-16-28)26-34(27-13-5-2-6-14-27)29-21-22-33-37(25-29)43(30-17-9-4-10-18-30)36-24-23-32-31-19-11-12-20-38(31)44-40(32)39(33)36/h2-26,34,41-42H,1H3/b35-26-. The number of nitrogens with zero attached hydrogens (tertiary/aromatic N) is 1. The molecule has 0 bridgehead atoms. The smallest absolute Gasteiger partial charge is 0.0555 e. The molecule has 0 aliphatic rings. The molecule has 0 saturated carbocycles. The summed E-state index contributed by atoms with van der Waals surface area (Å²) in [6, 6.07) is 52.5. The molecule has 1 atom stereocenters. The van der Waals surface area contributed by atoms with E-state index < -0.39 is 0 Å². The number of aromatic nitrogens is 1. The topological polar surface area (TPSA) is 29.0 Å². The number of fused-ring (bicyclic) bond motifs is 7. The van der Waals surface area contributed by atoms with E-state index in [0.717, 1.165) is 11.3 Å². The van der Waals surface area contributed by atoms with E-state index in [-0.39, 0.29) is 5.92 Å². The van der Waals surface area contributed by atoms with Crippen LogP contribution in [0, 0.1) is 0 Å². The lowest BCUT2D eigenvalue weighted by Gasteiger charge is -2.19. The highest BCUT2D eigenvalue weighted by molar-refractivity contribution is 7.26. The van der Waals surface area contributed by atoms with Crippen LogP contribution >= 0.6 is 11.3 Å². The van der Waals surface area contributed by atoms with Gasteiger partial charge in [0.15, 0.2) is 0 Å². The van der Waals surface area contributed by atoms with Crippen molar-refractivity contribution in [1.29, 1.82) is 0 Å². The summed E-state index contributed by atoms with van der Waals surface area (Å²) >= 11 is 1.90. The highest BCUT2D eigenvalue weighted by atomic mass is 32.1. The first-order chi connectivity index (χ1) is 21.8. The van der Waals surface area contributed by atoms with Gasteiger partial charge in [0.25, 0.3) is 0 Å². The van der Waals surface area contributed by atoms with Gasteiger partial charge in [0, 0.05) is 49.6 Å². The summed E-state index contributed by atoms with van der Waals surface area (Å²) in [5, 5.41) is 5.25. The Labute approximate surface area is 260 Å². The predicted octanol–water partition coefficient (Wildman–Crippen LogP) is 10.0. The predicted molar refractivity (Wildman–Crippen MR) is 189 cm³/mol. The molecule has 8 aromatic rings. The second kappa shape index (κ2) is 11.2. The first kappa shape index (κ1) is 26.5. The van der Waals surface area contributed by atoms with Crippen LogP contribution in [0.4, 0.5) is 0 Å². The van der Waals surface area contributed by atoms with Crippen LogP contribution in [0.5, 0.6) is 0 Å². The first-order valence-electron chi connectivity index (χ1n) is 15.0. The second-order valence-corrected chi connectivity index (χ2v) is 12.1. The van der Waals surface area contributed by atoms with Crippen molar-refractivity contribution in [3.8, 4) is 5.69 Å². The van der Waals surface area contributed by atoms with Gasteiger partial charge >= 0.3 is 0 Å². The van der Waals surface area contributed by atoms with Crippen molar-refractivity contribution in [1.82, 2.24) is 15.4 Å². The van der Waals surface area contributed by atoms with Gasteiger partial charge < -0.3 is 9.99 Å². The number of hydrazine groups is 1. The van der Waals surface area contributed by atoms with Crippen LogP contribution in [-0.2, 0) is 0 Å². The minimum Gasteiger partial charge on any atom is -0.321 e. The van der Waals surface area contributed by atoms with Gasteiger partial charge in [-0.25, -0.2) is 5.43 Å². The Morgan fingerprint density at radius 2 is 1.32 bits per heavy atom. The molecule has 0 radical (unpaired) electrons. The number of rotatable bonds is 7. The number of hydrogen-bond donors (Lipinski definition) is 2. The minimum absolute atomic E-state index is 0.0308. The largest absolute Gasteiger partial charge is 0.321 e. The van der Waals surface area contributed by atoms with Crippen LogP contribution < -0.4 is 10.9 Å². The van der Waals surface area contributed by atoms with Gasteiger partial charge in [-0.05, 0) is 53.1 Å². The second-order valence-electron chi connectivity index (χ2n) is 11.1. The SMILES string of the molecule is CNN/C(=C\C(c1ccccc1)c1ccc2c3c4sc5ccccc5c4ccc3n(-c3ccccc3)c2c1)c1ccccc1. The number of nitrogens with one attached hydrogen (secondary N) is 2. The lowest BCUT2D eigenvalue weighted by molar-refractivity contribution is 0.744. The van der Waals surface area contributed by atoms with Crippen molar-refractivity contribution < 1.29 is 0 Å². The third-order valence-corrected chi connectivity index (χ3v) is 9.71. The van der Waals surface area contributed by atoms with Crippen LogP contribution in [0.1, 0.15) is 22.6 Å². The number of allylic oxidation sites excluding steroid dienone is 1. The summed E-state index contributed by atoms with van der Waals surface area (Å²) in [6.07, 6.45) is 2.34. The highest BCUT2D eigenvalue weighted by Crippen LogP contribution is 2.44. The molecule has 2 aromatic heterocycles. The molecular formula is C40H31N3S. The molecule has 44 heavy (non-hydrogen) atoms. The van der Waals surface area contributed by atoms with Crippen molar-refractivity contribution in [2.24, 2.45) is 0 Å². The Balaban J connectivity index is 1.42. The van der Waals surface area contributed by atoms with E-state index >= 15 is 0 Å². The maximum atomic E-state index is 3.40. The van der Waals surface area contributed by atoms with Crippen molar-refractivity contribution >= 4 is 59.0 Å². The first-order valence-corrected chi connectivity index (χ1v) is 15.8. The van der Waals surface area contributed by atoms with Crippen LogP contribution in [0.25, 0.3) is 53.4 Å². The molecule has 0 spiro atoms. The van der Waals surface area contributed by atoms with E-state index in [1.54, 1.807) is 0 Å².